The summed E-state index contributed by atoms with van der Waals surface area (Å²) in [7, 11) is 0. The van der Waals surface area contributed by atoms with Gasteiger partial charge in [-0.25, -0.2) is 15.0 Å². The lowest BCUT2D eigenvalue weighted by Gasteiger charge is -2.63. The monoisotopic (exact) mass is 647 g/mol. The molecule has 4 aliphatic rings. The van der Waals surface area contributed by atoms with Crippen LogP contribution < -0.4 is 0 Å². The molecule has 0 radical (unpaired) electrons. The van der Waals surface area contributed by atoms with Crippen LogP contribution in [0.2, 0.25) is 0 Å². The minimum Gasteiger partial charge on any atom is -0.208 e. The second kappa shape index (κ2) is 10.8. The maximum Gasteiger partial charge on any atom is 0.165 e. The summed E-state index contributed by atoms with van der Waals surface area (Å²) in [6, 6.07) is 37.5. The molecule has 45 heavy (non-hydrogen) atoms. The van der Waals surface area contributed by atoms with E-state index in [2.05, 4.69) is 58.4 Å². The van der Waals surface area contributed by atoms with Gasteiger partial charge in [-0.1, -0.05) is 72.8 Å². The summed E-state index contributed by atoms with van der Waals surface area (Å²) in [6.07, 6.45) is 6.99. The molecular weight excluding hydrogens is 618 g/mol. The van der Waals surface area contributed by atoms with E-state index >= 15 is 0 Å². The smallest absolute Gasteiger partial charge is 0.165 e. The van der Waals surface area contributed by atoms with Gasteiger partial charge in [0.15, 0.2) is 17.5 Å². The number of nitriles is 2. The first-order chi connectivity index (χ1) is 22.0. The van der Waals surface area contributed by atoms with Gasteiger partial charge in [-0.3, -0.25) is 0 Å². The Morgan fingerprint density at radius 1 is 0.600 bits per heavy atom. The molecule has 0 N–H and O–H groups in total. The summed E-state index contributed by atoms with van der Waals surface area (Å²) >= 11 is 3.56. The highest BCUT2D eigenvalue weighted by Crippen LogP contribution is 2.66. The Bertz CT molecular complexity index is 1950. The summed E-state index contributed by atoms with van der Waals surface area (Å²) in [6.45, 7) is 0. The fourth-order valence-corrected chi connectivity index (χ4v) is 9.30. The molecule has 4 aliphatic carbocycles. The molecule has 5 nitrogen and oxygen atoms in total. The summed E-state index contributed by atoms with van der Waals surface area (Å²) in [4.78, 5) is 14.6. The molecule has 218 valence electrons. The van der Waals surface area contributed by atoms with Crippen LogP contribution in [-0.2, 0) is 10.8 Å². The molecule has 0 saturated heterocycles. The zero-order chi connectivity index (χ0) is 30.6. The van der Waals surface area contributed by atoms with Crippen LogP contribution in [0.25, 0.3) is 34.2 Å². The molecule has 6 heteroatoms. The molecule has 9 rings (SSSR count). The van der Waals surface area contributed by atoms with Crippen molar-refractivity contribution in [3.8, 4) is 46.3 Å². The van der Waals surface area contributed by atoms with Crippen LogP contribution in [0.5, 0.6) is 0 Å². The predicted molar refractivity (Wildman–Crippen MR) is 178 cm³/mol. The lowest BCUT2D eigenvalue weighted by atomic mass is 9.41. The van der Waals surface area contributed by atoms with Gasteiger partial charge in [0.25, 0.3) is 0 Å². The average molecular weight is 649 g/mol. The third-order valence-electron chi connectivity index (χ3n) is 10.5. The van der Waals surface area contributed by atoms with E-state index in [-0.39, 0.29) is 10.8 Å². The molecule has 1 aromatic heterocycles. The number of halogens is 1. The Kier molecular flexibility index (Phi) is 6.66. The van der Waals surface area contributed by atoms with Crippen LogP contribution in [0.1, 0.15) is 60.8 Å². The number of benzene rings is 4. The van der Waals surface area contributed by atoms with E-state index < -0.39 is 0 Å². The SMILES string of the molecule is N#Cc1cc(C23CC4CC(C2)CC(c2ccc(-c5nc(-c6ccccc6)nc(-c6ccccc6)n5)c(C#N)c2)(C4)C3)ccc1Br. The molecule has 4 aromatic carbocycles. The van der Waals surface area contributed by atoms with E-state index in [4.69, 9.17) is 15.0 Å². The van der Waals surface area contributed by atoms with Gasteiger partial charge in [0, 0.05) is 21.2 Å². The largest absolute Gasteiger partial charge is 0.208 e. The van der Waals surface area contributed by atoms with Crippen molar-refractivity contribution in [3.05, 3.63) is 124 Å². The van der Waals surface area contributed by atoms with E-state index in [0.29, 0.717) is 40.4 Å². The lowest BCUT2D eigenvalue weighted by Crippen LogP contribution is -2.56. The van der Waals surface area contributed by atoms with E-state index in [0.717, 1.165) is 40.4 Å². The molecular formula is C39H30BrN5. The predicted octanol–water partition coefficient (Wildman–Crippen LogP) is 9.17. The first kappa shape index (κ1) is 27.9. The van der Waals surface area contributed by atoms with Gasteiger partial charge in [0.05, 0.1) is 17.2 Å². The fourth-order valence-electron chi connectivity index (χ4n) is 8.97. The highest BCUT2D eigenvalue weighted by atomic mass is 79.9. The van der Waals surface area contributed by atoms with Crippen molar-refractivity contribution in [1.82, 2.24) is 15.0 Å². The zero-order valence-corrected chi connectivity index (χ0v) is 26.3. The number of hydrogen-bond donors (Lipinski definition) is 0. The standard InChI is InChI=1S/C39H30BrN5/c40-34-14-12-32(17-30(34)23-42)39-20-25-15-26(21-39)19-38(18-25,24-39)31-11-13-33(29(16-31)22-41)37-44-35(27-7-3-1-4-8-27)43-36(45-37)28-9-5-2-6-10-28/h1-14,16-17,25-26H,15,18-21,24H2. The lowest BCUT2D eigenvalue weighted by molar-refractivity contribution is -0.0281. The Labute approximate surface area is 271 Å². The zero-order valence-electron chi connectivity index (χ0n) is 24.7. The van der Waals surface area contributed by atoms with Gasteiger partial charge in [-0.05, 0) is 113 Å². The van der Waals surface area contributed by atoms with Crippen LogP contribution >= 0.6 is 15.9 Å². The van der Waals surface area contributed by atoms with Gasteiger partial charge in [-0.2, -0.15) is 10.5 Å². The summed E-state index contributed by atoms with van der Waals surface area (Å²) in [5.41, 5.74) is 6.45. The molecule has 4 fully saturated rings. The van der Waals surface area contributed by atoms with Crippen molar-refractivity contribution in [2.24, 2.45) is 11.8 Å². The van der Waals surface area contributed by atoms with Crippen molar-refractivity contribution in [3.63, 3.8) is 0 Å². The van der Waals surface area contributed by atoms with Crippen molar-refractivity contribution in [1.29, 1.82) is 10.5 Å². The molecule has 4 saturated carbocycles. The third-order valence-corrected chi connectivity index (χ3v) is 11.1. The molecule has 4 bridgehead atoms. The Hall–Kier alpha value is -4.65. The molecule has 0 spiro atoms. The maximum atomic E-state index is 10.5. The quantitative estimate of drug-likeness (QED) is 0.190. The number of rotatable bonds is 5. The minimum atomic E-state index is 0.0115. The van der Waals surface area contributed by atoms with Gasteiger partial charge in [0.1, 0.15) is 6.07 Å². The van der Waals surface area contributed by atoms with E-state index in [1.54, 1.807) is 0 Å². The van der Waals surface area contributed by atoms with Gasteiger partial charge < -0.3 is 0 Å². The highest BCUT2D eigenvalue weighted by molar-refractivity contribution is 9.10. The number of nitrogens with zero attached hydrogens (tertiary/aromatic N) is 5. The van der Waals surface area contributed by atoms with Gasteiger partial charge in [0.2, 0.25) is 0 Å². The van der Waals surface area contributed by atoms with E-state index in [1.807, 2.05) is 66.7 Å². The molecule has 2 unspecified atom stereocenters. The van der Waals surface area contributed by atoms with Crippen LogP contribution in [0, 0.1) is 34.5 Å². The van der Waals surface area contributed by atoms with Crippen LogP contribution in [-0.4, -0.2) is 15.0 Å². The Balaban J connectivity index is 1.22. The van der Waals surface area contributed by atoms with Crippen LogP contribution in [0.3, 0.4) is 0 Å². The highest BCUT2D eigenvalue weighted by Gasteiger charge is 2.58. The third kappa shape index (κ3) is 4.76. The van der Waals surface area contributed by atoms with E-state index in [1.165, 1.54) is 30.4 Å². The van der Waals surface area contributed by atoms with Crippen LogP contribution in [0.4, 0.5) is 0 Å². The van der Waals surface area contributed by atoms with Crippen molar-refractivity contribution < 1.29 is 0 Å². The summed E-state index contributed by atoms with van der Waals surface area (Å²) in [5.74, 6) is 2.97. The van der Waals surface area contributed by atoms with E-state index in [9.17, 15) is 10.5 Å². The van der Waals surface area contributed by atoms with Gasteiger partial charge >= 0.3 is 0 Å². The normalized spacial score (nSPS) is 24.6. The fraction of sp³-hybridized carbons (Fsp3) is 0.256. The van der Waals surface area contributed by atoms with Crippen molar-refractivity contribution in [2.45, 2.75) is 49.4 Å². The Morgan fingerprint density at radius 3 is 1.62 bits per heavy atom. The van der Waals surface area contributed by atoms with Crippen LogP contribution in [0.15, 0.2) is 102 Å². The average Bonchev–Trinajstić information content (AvgIpc) is 3.08. The molecule has 0 amide bonds. The first-order valence-corrected chi connectivity index (χ1v) is 16.4. The first-order valence-electron chi connectivity index (χ1n) is 15.6. The number of hydrogen-bond acceptors (Lipinski definition) is 5. The summed E-state index contributed by atoms with van der Waals surface area (Å²) in [5, 5.41) is 20.3. The van der Waals surface area contributed by atoms with Crippen molar-refractivity contribution >= 4 is 15.9 Å². The molecule has 0 aliphatic heterocycles. The minimum absolute atomic E-state index is 0.0115. The molecule has 2 atom stereocenters. The second-order valence-corrected chi connectivity index (χ2v) is 14.1. The topological polar surface area (TPSA) is 86.2 Å². The molecule has 5 aromatic rings. The van der Waals surface area contributed by atoms with Crippen molar-refractivity contribution in [2.75, 3.05) is 0 Å². The number of aromatic nitrogens is 3. The Morgan fingerprint density at radius 2 is 1.09 bits per heavy atom. The maximum absolute atomic E-state index is 10.5. The summed E-state index contributed by atoms with van der Waals surface area (Å²) < 4.78 is 0.853. The molecule has 1 heterocycles. The second-order valence-electron chi connectivity index (χ2n) is 13.2. The van der Waals surface area contributed by atoms with Gasteiger partial charge in [-0.15, -0.1) is 0 Å².